The van der Waals surface area contributed by atoms with E-state index in [1.807, 2.05) is 0 Å². The summed E-state index contributed by atoms with van der Waals surface area (Å²) in [6, 6.07) is -4.08. The van der Waals surface area contributed by atoms with Crippen LogP contribution in [0.4, 0.5) is 0 Å². The van der Waals surface area contributed by atoms with Crippen LogP contribution in [0.3, 0.4) is 0 Å². The molecule has 21 heteroatoms. The molecular weight excluding hydrogens is 716 g/mol. The van der Waals surface area contributed by atoms with Crippen molar-refractivity contribution < 1.29 is 63.9 Å². The van der Waals surface area contributed by atoms with E-state index in [1.165, 1.54) is 24.3 Å². The van der Waals surface area contributed by atoms with Crippen molar-refractivity contribution >= 4 is 47.4 Å². The monoisotopic (exact) mass is 768 g/mol. The number of aliphatic hydroxyl groups is 1. The number of carboxylic acid groups (broad SMARTS) is 3. The van der Waals surface area contributed by atoms with Gasteiger partial charge in [-0.3, -0.25) is 33.6 Å². The summed E-state index contributed by atoms with van der Waals surface area (Å²) < 4.78 is 0. The summed E-state index contributed by atoms with van der Waals surface area (Å²) in [4.78, 5) is 101. The maximum atomic E-state index is 13.8. The number of rotatable bonds is 26. The van der Waals surface area contributed by atoms with E-state index in [4.69, 9.17) is 22.3 Å². The highest BCUT2D eigenvalue weighted by Gasteiger charge is 2.35. The molecule has 0 heterocycles. The van der Waals surface area contributed by atoms with Crippen molar-refractivity contribution in [3.8, 4) is 5.75 Å². The number of aliphatic carboxylic acids is 3. The second-order valence-electron chi connectivity index (χ2n) is 12.6. The first-order chi connectivity index (χ1) is 25.4. The normalized spacial score (nSPS) is 14.8. The van der Waals surface area contributed by atoms with E-state index in [-0.39, 0.29) is 31.6 Å². The molecule has 0 saturated carbocycles. The van der Waals surface area contributed by atoms with E-state index < -0.39 is 103 Å². The largest absolute Gasteiger partial charge is 0.508 e. The highest BCUT2D eigenvalue weighted by atomic mass is 16.4. The summed E-state index contributed by atoms with van der Waals surface area (Å²) in [7, 11) is 0. The molecule has 1 aromatic rings. The van der Waals surface area contributed by atoms with Crippen molar-refractivity contribution in [1.82, 2.24) is 26.6 Å². The third kappa shape index (κ3) is 17.4. The predicted molar refractivity (Wildman–Crippen MR) is 189 cm³/mol. The molecule has 0 bridgehead atoms. The first-order valence-corrected chi connectivity index (χ1v) is 17.2. The van der Waals surface area contributed by atoms with Gasteiger partial charge in [0, 0.05) is 6.42 Å². The number of carbonyl (C=O) groups is 8. The van der Waals surface area contributed by atoms with E-state index in [9.17, 15) is 58.8 Å². The lowest BCUT2D eigenvalue weighted by molar-refractivity contribution is -0.142. The molecule has 0 aliphatic heterocycles. The Bertz CT molecular complexity index is 1440. The summed E-state index contributed by atoms with van der Waals surface area (Å²) in [5.74, 6) is -9.82. The van der Waals surface area contributed by atoms with Crippen LogP contribution in [0, 0.1) is 0 Å². The lowest BCUT2D eigenvalue weighted by Gasteiger charge is -2.27. The van der Waals surface area contributed by atoms with Crippen LogP contribution in [-0.2, 0) is 44.8 Å². The summed E-state index contributed by atoms with van der Waals surface area (Å²) in [5, 5.41) is 59.5. The predicted octanol–water partition coefficient (Wildman–Crippen LogP) is -3.64. The molecule has 21 nitrogen and oxygen atoms in total. The van der Waals surface area contributed by atoms with Crippen molar-refractivity contribution in [2.45, 2.75) is 107 Å². The Morgan fingerprint density at radius 2 is 1.07 bits per heavy atom. The number of phenolic OH excluding ortho intramolecular Hbond substituents is 1. The van der Waals surface area contributed by atoms with E-state index >= 15 is 0 Å². The highest BCUT2D eigenvalue weighted by Crippen LogP contribution is 2.13. The Morgan fingerprint density at radius 1 is 0.611 bits per heavy atom. The van der Waals surface area contributed by atoms with Crippen LogP contribution in [-0.4, -0.2) is 128 Å². The molecule has 0 aliphatic rings. The molecule has 1 aromatic carbocycles. The smallest absolute Gasteiger partial charge is 0.326 e. The van der Waals surface area contributed by atoms with E-state index in [1.54, 1.807) is 0 Å². The zero-order chi connectivity index (χ0) is 41.0. The topological polar surface area (TPSA) is 376 Å². The Balaban J connectivity index is 3.40. The number of aliphatic hydroxyl groups excluding tert-OH is 1. The van der Waals surface area contributed by atoms with E-state index in [2.05, 4.69) is 26.6 Å². The van der Waals surface area contributed by atoms with E-state index in [0.29, 0.717) is 37.8 Å². The molecule has 0 saturated heterocycles. The van der Waals surface area contributed by atoms with Crippen molar-refractivity contribution in [2.24, 2.45) is 17.2 Å². The third-order valence-corrected chi connectivity index (χ3v) is 7.96. The Morgan fingerprint density at radius 3 is 1.57 bits per heavy atom. The molecule has 0 aromatic heterocycles. The molecule has 7 atom stereocenters. The van der Waals surface area contributed by atoms with Gasteiger partial charge in [0.05, 0.1) is 25.0 Å². The summed E-state index contributed by atoms with van der Waals surface area (Å²) in [6.45, 7) is 1.64. The van der Waals surface area contributed by atoms with Gasteiger partial charge in [0.25, 0.3) is 0 Å². The fourth-order valence-corrected chi connectivity index (χ4v) is 5.00. The lowest BCUT2D eigenvalue weighted by Crippen LogP contribution is -2.61. The number of carbonyl (C=O) groups excluding carboxylic acids is 5. The first-order valence-electron chi connectivity index (χ1n) is 17.2. The minimum Gasteiger partial charge on any atom is -0.508 e. The minimum absolute atomic E-state index is 0.0179. The van der Waals surface area contributed by atoms with Crippen LogP contribution in [0.25, 0.3) is 0 Å². The Labute approximate surface area is 310 Å². The van der Waals surface area contributed by atoms with Gasteiger partial charge in [0.15, 0.2) is 0 Å². The van der Waals surface area contributed by atoms with Crippen molar-refractivity contribution in [2.75, 3.05) is 13.1 Å². The maximum Gasteiger partial charge on any atom is 0.326 e. The summed E-state index contributed by atoms with van der Waals surface area (Å²) in [5.41, 5.74) is 17.0. The zero-order valence-electron chi connectivity index (χ0n) is 29.9. The van der Waals surface area contributed by atoms with Gasteiger partial charge in [-0.2, -0.15) is 0 Å². The van der Waals surface area contributed by atoms with Gasteiger partial charge in [0.1, 0.15) is 36.0 Å². The van der Waals surface area contributed by atoms with Gasteiger partial charge in [-0.05, 0) is 76.2 Å². The van der Waals surface area contributed by atoms with Crippen LogP contribution < -0.4 is 43.8 Å². The van der Waals surface area contributed by atoms with Crippen LogP contribution in [0.15, 0.2) is 24.3 Å². The lowest BCUT2D eigenvalue weighted by atomic mass is 10.0. The molecule has 0 spiro atoms. The van der Waals surface area contributed by atoms with Gasteiger partial charge in [0.2, 0.25) is 29.5 Å². The third-order valence-electron chi connectivity index (χ3n) is 7.96. The van der Waals surface area contributed by atoms with Crippen molar-refractivity contribution in [3.63, 3.8) is 0 Å². The van der Waals surface area contributed by atoms with E-state index in [0.717, 1.165) is 6.92 Å². The van der Waals surface area contributed by atoms with Gasteiger partial charge >= 0.3 is 17.9 Å². The summed E-state index contributed by atoms with van der Waals surface area (Å²) in [6.07, 6.45) is -2.02. The number of carboxylic acids is 3. The first kappa shape index (κ1) is 46.6. The second kappa shape index (κ2) is 24.0. The quantitative estimate of drug-likeness (QED) is 0.0404. The number of nitrogens with two attached hydrogens (primary N) is 3. The average Bonchev–Trinajstić information content (AvgIpc) is 3.09. The van der Waals surface area contributed by atoms with Crippen molar-refractivity contribution in [3.05, 3.63) is 29.8 Å². The number of hydrogen-bond donors (Lipinski definition) is 13. The number of benzene rings is 1. The second-order valence-corrected chi connectivity index (χ2v) is 12.6. The van der Waals surface area contributed by atoms with Gasteiger partial charge in [-0.15, -0.1) is 0 Å². The summed E-state index contributed by atoms with van der Waals surface area (Å²) >= 11 is 0. The molecule has 5 amide bonds. The van der Waals surface area contributed by atoms with Gasteiger partial charge in [-0.1, -0.05) is 12.1 Å². The number of amides is 5. The molecule has 54 heavy (non-hydrogen) atoms. The van der Waals surface area contributed by atoms with Crippen LogP contribution in [0.1, 0.15) is 63.9 Å². The molecule has 0 unspecified atom stereocenters. The van der Waals surface area contributed by atoms with Crippen LogP contribution in [0.5, 0.6) is 5.75 Å². The number of hydrogen-bond acceptors (Lipinski definition) is 13. The number of phenols is 1. The standard InChI is InChI=1S/C33H52N8O13/c1-17(42)27(41-28(48)20(36)15-25(44)45)32(52)40-24(16-26(46)47)31(51)39-23(14-18-8-10-19(43)11-9-18)30(50)37-21(6-2-4-12-34)29(49)38-22(33(53)54)7-3-5-13-35/h8-11,17,20-24,27,42-43H,2-7,12-16,34-36H2,1H3,(H,37,50)(H,38,49)(H,39,51)(H,40,52)(H,41,48)(H,44,45)(H,46,47)(H,53,54)/t17-,20+,21+,22+,23+,24+,27+/m1/s1. The molecule has 0 fully saturated rings. The molecular formula is C33H52N8O13. The fourth-order valence-electron chi connectivity index (χ4n) is 5.00. The SMILES string of the molecule is C[C@@H](O)[C@H](NC(=O)[C@@H](N)CC(=O)O)C(=O)N[C@@H](CC(=O)O)C(=O)N[C@@H](Cc1ccc(O)cc1)C(=O)N[C@@H](CCCCN)C(=O)N[C@@H](CCCCN)C(=O)O. The molecule has 1 rings (SSSR count). The number of aromatic hydroxyl groups is 1. The maximum absolute atomic E-state index is 13.8. The molecule has 0 aliphatic carbocycles. The minimum atomic E-state index is -1.91. The van der Waals surface area contributed by atoms with Gasteiger partial charge in [-0.25, -0.2) is 4.79 Å². The molecule has 302 valence electrons. The van der Waals surface area contributed by atoms with Crippen LogP contribution >= 0.6 is 0 Å². The van der Waals surface area contributed by atoms with Crippen molar-refractivity contribution in [1.29, 1.82) is 0 Å². The number of nitrogens with one attached hydrogen (secondary N) is 5. The Hall–Kier alpha value is -5.38. The Kier molecular flexibility index (Phi) is 20.8. The molecule has 16 N–H and O–H groups in total. The van der Waals surface area contributed by atoms with Gasteiger partial charge < -0.3 is 69.3 Å². The van der Waals surface area contributed by atoms with Crippen LogP contribution in [0.2, 0.25) is 0 Å². The average molecular weight is 769 g/mol. The zero-order valence-corrected chi connectivity index (χ0v) is 29.9. The highest BCUT2D eigenvalue weighted by molar-refractivity contribution is 5.98. The number of unbranched alkanes of at least 4 members (excludes halogenated alkanes) is 2. The molecule has 0 radical (unpaired) electrons. The fraction of sp³-hybridized carbons (Fsp3) is 0.576.